The van der Waals surface area contributed by atoms with Crippen molar-refractivity contribution in [2.45, 2.75) is 32.6 Å². The summed E-state index contributed by atoms with van der Waals surface area (Å²) >= 11 is 0. The summed E-state index contributed by atoms with van der Waals surface area (Å²) in [7, 11) is -2.19. The molecule has 1 aromatic rings. The molecular formula is C12H25N6O3P. The zero-order valence-electron chi connectivity index (χ0n) is 13.0. The van der Waals surface area contributed by atoms with Crippen molar-refractivity contribution in [2.75, 3.05) is 37.1 Å². The summed E-state index contributed by atoms with van der Waals surface area (Å²) in [4.78, 5) is 29.9. The van der Waals surface area contributed by atoms with Crippen LogP contribution in [0.1, 0.15) is 31.5 Å². The van der Waals surface area contributed by atoms with Gasteiger partial charge in [-0.3, -0.25) is 4.57 Å². The van der Waals surface area contributed by atoms with Gasteiger partial charge in [-0.2, -0.15) is 15.0 Å². The molecule has 1 heterocycles. The first-order valence-corrected chi connectivity index (χ1v) is 9.10. The molecule has 0 aliphatic carbocycles. The van der Waals surface area contributed by atoms with E-state index in [9.17, 15) is 4.57 Å². The number of nitrogens with zero attached hydrogens (tertiary/aromatic N) is 3. The van der Waals surface area contributed by atoms with Crippen LogP contribution in [0, 0.1) is 6.92 Å². The van der Waals surface area contributed by atoms with E-state index in [1.165, 1.54) is 6.42 Å². The highest BCUT2D eigenvalue weighted by atomic mass is 31.2. The second-order valence-corrected chi connectivity index (χ2v) is 6.62. The van der Waals surface area contributed by atoms with Crippen LogP contribution in [0.2, 0.25) is 0 Å². The van der Waals surface area contributed by atoms with Gasteiger partial charge in [-0.15, -0.1) is 0 Å². The molecular weight excluding hydrogens is 307 g/mol. The van der Waals surface area contributed by atoms with Crippen LogP contribution in [-0.2, 0) is 4.57 Å². The van der Waals surface area contributed by atoms with Gasteiger partial charge in [0, 0.05) is 6.54 Å². The molecule has 0 fully saturated rings. The van der Waals surface area contributed by atoms with Gasteiger partial charge >= 0.3 is 7.60 Å². The maximum Gasteiger partial charge on any atom is 0.344 e. The second-order valence-electron chi connectivity index (χ2n) is 4.97. The van der Waals surface area contributed by atoms with Crippen LogP contribution >= 0.6 is 7.60 Å². The Balaban J connectivity index is 2.37. The molecule has 1 aromatic heterocycles. The van der Waals surface area contributed by atoms with E-state index in [1.807, 2.05) is 7.05 Å². The molecule has 0 aromatic carbocycles. The van der Waals surface area contributed by atoms with Crippen molar-refractivity contribution in [3.63, 3.8) is 0 Å². The molecule has 0 spiro atoms. The average molecular weight is 332 g/mol. The van der Waals surface area contributed by atoms with Gasteiger partial charge in [0.2, 0.25) is 11.9 Å². The van der Waals surface area contributed by atoms with Crippen LogP contribution in [0.15, 0.2) is 0 Å². The highest BCUT2D eigenvalue weighted by molar-refractivity contribution is 7.51. The fourth-order valence-corrected chi connectivity index (χ4v) is 2.14. The Kier molecular flexibility index (Phi) is 8.26. The Morgan fingerprint density at radius 1 is 0.955 bits per heavy atom. The predicted octanol–water partition coefficient (Wildman–Crippen LogP) is 0.919. The second kappa shape index (κ2) is 9.68. The minimum atomic E-state index is -4.14. The molecule has 126 valence electrons. The molecule has 0 bridgehead atoms. The number of hydrogen-bond donors (Lipinski definition) is 5. The minimum Gasteiger partial charge on any atom is -0.354 e. The third-order valence-electron chi connectivity index (χ3n) is 2.83. The fraction of sp³-hybridized carbons (Fsp3) is 0.750. The van der Waals surface area contributed by atoms with Crippen molar-refractivity contribution in [1.82, 2.24) is 20.3 Å². The van der Waals surface area contributed by atoms with Crippen LogP contribution < -0.4 is 16.0 Å². The van der Waals surface area contributed by atoms with E-state index in [-0.39, 0.29) is 5.95 Å². The average Bonchev–Trinajstić information content (AvgIpc) is 2.43. The van der Waals surface area contributed by atoms with Gasteiger partial charge in [0.05, 0.1) is 0 Å². The van der Waals surface area contributed by atoms with Crippen LogP contribution in [0.5, 0.6) is 0 Å². The lowest BCUT2D eigenvalue weighted by molar-refractivity contribution is 0.375. The highest BCUT2D eigenvalue weighted by Gasteiger charge is 2.13. The molecule has 10 heteroatoms. The maximum atomic E-state index is 10.8. The Morgan fingerprint density at radius 2 is 1.55 bits per heavy atom. The van der Waals surface area contributed by atoms with Gasteiger partial charge < -0.3 is 25.7 Å². The standard InChI is InChI=1S/C12H25N6O3P/c1-10-16-11(14-8-6-4-3-5-7-13-2)18-12(17-10)15-9-22(19,20)21/h13H,3-9H2,1-2H3,(H2,19,20,21)(H2,14,15,16,17,18). The number of anilines is 2. The Morgan fingerprint density at radius 3 is 2.14 bits per heavy atom. The lowest BCUT2D eigenvalue weighted by Crippen LogP contribution is -2.12. The lowest BCUT2D eigenvalue weighted by atomic mass is 10.2. The third-order valence-corrected chi connectivity index (χ3v) is 3.40. The molecule has 0 saturated carbocycles. The molecule has 5 N–H and O–H groups in total. The number of unbranched alkanes of at least 4 members (excludes halogenated alkanes) is 3. The van der Waals surface area contributed by atoms with Crippen molar-refractivity contribution in [3.8, 4) is 0 Å². The molecule has 0 unspecified atom stereocenters. The summed E-state index contributed by atoms with van der Waals surface area (Å²) in [6, 6.07) is 0. The number of rotatable bonds is 11. The van der Waals surface area contributed by atoms with Gasteiger partial charge in [-0.25, -0.2) is 0 Å². The van der Waals surface area contributed by atoms with E-state index in [2.05, 4.69) is 30.9 Å². The van der Waals surface area contributed by atoms with Gasteiger partial charge in [0.1, 0.15) is 12.1 Å². The first-order chi connectivity index (χ1) is 10.4. The SMILES string of the molecule is CNCCCCCCNc1nc(C)nc(NCP(=O)(O)O)n1. The number of nitrogens with one attached hydrogen (secondary N) is 3. The lowest BCUT2D eigenvalue weighted by Gasteiger charge is -2.09. The zero-order valence-corrected chi connectivity index (χ0v) is 13.9. The number of hydrogen-bond acceptors (Lipinski definition) is 7. The molecule has 0 radical (unpaired) electrons. The van der Waals surface area contributed by atoms with Gasteiger partial charge in [0.15, 0.2) is 0 Å². The highest BCUT2D eigenvalue weighted by Crippen LogP contribution is 2.33. The normalized spacial score (nSPS) is 11.5. The van der Waals surface area contributed by atoms with E-state index >= 15 is 0 Å². The van der Waals surface area contributed by atoms with E-state index in [1.54, 1.807) is 6.92 Å². The molecule has 0 amide bonds. The van der Waals surface area contributed by atoms with Crippen LogP contribution in [0.3, 0.4) is 0 Å². The maximum absolute atomic E-state index is 10.8. The summed E-state index contributed by atoms with van der Waals surface area (Å²) in [6.07, 6.45) is 3.98. The molecule has 0 saturated heterocycles. The van der Waals surface area contributed by atoms with Crippen molar-refractivity contribution in [3.05, 3.63) is 5.82 Å². The summed E-state index contributed by atoms with van der Waals surface area (Å²) in [6.45, 7) is 3.49. The van der Waals surface area contributed by atoms with Crippen LogP contribution in [0.4, 0.5) is 11.9 Å². The molecule has 1 rings (SSSR count). The Hall–Kier alpha value is -1.28. The number of aryl methyl sites for hydroxylation is 1. The monoisotopic (exact) mass is 332 g/mol. The van der Waals surface area contributed by atoms with Crippen molar-refractivity contribution >= 4 is 19.5 Å². The van der Waals surface area contributed by atoms with Crippen molar-refractivity contribution in [1.29, 1.82) is 0 Å². The molecule has 0 atom stereocenters. The first-order valence-electron chi connectivity index (χ1n) is 7.30. The minimum absolute atomic E-state index is 0.160. The van der Waals surface area contributed by atoms with Gasteiger partial charge in [0.25, 0.3) is 0 Å². The van der Waals surface area contributed by atoms with E-state index in [0.717, 1.165) is 32.4 Å². The van der Waals surface area contributed by atoms with Crippen molar-refractivity contribution < 1.29 is 14.4 Å². The fourth-order valence-electron chi connectivity index (χ4n) is 1.79. The Bertz CT molecular complexity index is 496. The predicted molar refractivity (Wildman–Crippen MR) is 86.0 cm³/mol. The van der Waals surface area contributed by atoms with E-state index in [4.69, 9.17) is 9.79 Å². The number of aromatic nitrogens is 3. The van der Waals surface area contributed by atoms with Crippen LogP contribution in [-0.4, -0.2) is 51.2 Å². The Labute approximate surface area is 130 Å². The first kappa shape index (κ1) is 18.8. The topological polar surface area (TPSA) is 132 Å². The zero-order chi connectivity index (χ0) is 16.4. The van der Waals surface area contributed by atoms with E-state index < -0.39 is 13.9 Å². The van der Waals surface area contributed by atoms with Gasteiger partial charge in [-0.05, 0) is 33.4 Å². The van der Waals surface area contributed by atoms with E-state index in [0.29, 0.717) is 11.8 Å². The molecule has 0 aliphatic heterocycles. The third kappa shape index (κ3) is 8.89. The molecule has 9 nitrogen and oxygen atoms in total. The largest absolute Gasteiger partial charge is 0.354 e. The summed E-state index contributed by atoms with van der Waals surface area (Å²) in [5.41, 5.74) is 0. The van der Waals surface area contributed by atoms with Gasteiger partial charge in [-0.1, -0.05) is 12.8 Å². The summed E-state index contributed by atoms with van der Waals surface area (Å²) < 4.78 is 10.8. The summed E-state index contributed by atoms with van der Waals surface area (Å²) in [5, 5.41) is 8.73. The smallest absolute Gasteiger partial charge is 0.344 e. The molecule has 22 heavy (non-hydrogen) atoms. The van der Waals surface area contributed by atoms with Crippen molar-refractivity contribution in [2.24, 2.45) is 0 Å². The van der Waals surface area contributed by atoms with Crippen LogP contribution in [0.25, 0.3) is 0 Å². The quantitative estimate of drug-likeness (QED) is 0.296. The molecule has 0 aliphatic rings. The summed E-state index contributed by atoms with van der Waals surface area (Å²) in [5.74, 6) is 1.06.